The van der Waals surface area contributed by atoms with Crippen molar-refractivity contribution in [1.82, 2.24) is 0 Å². The summed E-state index contributed by atoms with van der Waals surface area (Å²) in [5, 5.41) is 0.712. The number of carbonyl (C=O) groups excluding carboxylic acids is 1. The minimum absolute atomic E-state index is 0.261. The summed E-state index contributed by atoms with van der Waals surface area (Å²) in [6, 6.07) is 9.46. The van der Waals surface area contributed by atoms with Crippen molar-refractivity contribution in [2.24, 2.45) is 0 Å². The van der Waals surface area contributed by atoms with Crippen LogP contribution in [0.5, 0.6) is 0 Å². The molecule has 0 radical (unpaired) electrons. The van der Waals surface area contributed by atoms with E-state index in [-0.39, 0.29) is 5.76 Å². The number of aryl methyl sites for hydroxylation is 1. The monoisotopic (exact) mass is 296 g/mol. The number of thioether (sulfide) groups is 1. The summed E-state index contributed by atoms with van der Waals surface area (Å²) in [6.07, 6.45) is 0. The molecule has 1 aromatic heterocycles. The Labute approximate surface area is 120 Å². The molecule has 5 heteroatoms. The highest BCUT2D eigenvalue weighted by molar-refractivity contribution is 7.98. The smallest absolute Gasteiger partial charge is 0.374 e. The Hall–Kier alpha value is -1.39. The van der Waals surface area contributed by atoms with Gasteiger partial charge < -0.3 is 9.15 Å². The van der Waals surface area contributed by atoms with E-state index in [1.807, 2.05) is 37.3 Å². The molecular weight excluding hydrogens is 284 g/mol. The van der Waals surface area contributed by atoms with E-state index < -0.39 is 5.97 Å². The van der Waals surface area contributed by atoms with Crippen molar-refractivity contribution in [2.45, 2.75) is 17.6 Å². The van der Waals surface area contributed by atoms with Gasteiger partial charge in [0.25, 0.3) is 0 Å². The topological polar surface area (TPSA) is 39.4 Å². The van der Waals surface area contributed by atoms with Gasteiger partial charge in [0.2, 0.25) is 5.76 Å². The summed E-state index contributed by atoms with van der Waals surface area (Å²) in [5.41, 5.74) is 0.779. The maximum atomic E-state index is 11.4. The van der Waals surface area contributed by atoms with Crippen LogP contribution in [-0.2, 0) is 10.5 Å². The molecule has 0 unspecified atom stereocenters. The molecule has 2 aromatic rings. The van der Waals surface area contributed by atoms with E-state index in [0.717, 1.165) is 16.2 Å². The van der Waals surface area contributed by atoms with Gasteiger partial charge in [0.05, 0.1) is 17.9 Å². The number of furan rings is 1. The van der Waals surface area contributed by atoms with Crippen LogP contribution in [0.1, 0.15) is 21.9 Å². The minimum Gasteiger partial charge on any atom is -0.463 e. The molecule has 0 fully saturated rings. The standard InChI is InChI=1S/C14H13ClO3S/c1-9-7-10(18-13(9)14(16)17-2)8-19-12-6-4-3-5-11(12)15/h3-7H,8H2,1-2H3. The van der Waals surface area contributed by atoms with E-state index >= 15 is 0 Å². The average Bonchev–Trinajstić information content (AvgIpc) is 2.78. The van der Waals surface area contributed by atoms with Gasteiger partial charge in [-0.1, -0.05) is 23.7 Å². The first kappa shape index (κ1) is 14.0. The first-order valence-corrected chi connectivity index (χ1v) is 7.03. The third-order valence-corrected chi connectivity index (χ3v) is 4.08. The Kier molecular flexibility index (Phi) is 4.56. The summed E-state index contributed by atoms with van der Waals surface area (Å²) in [7, 11) is 1.34. The second-order valence-electron chi connectivity index (χ2n) is 3.94. The molecule has 2 rings (SSSR count). The van der Waals surface area contributed by atoms with Crippen molar-refractivity contribution in [3.8, 4) is 0 Å². The zero-order valence-electron chi connectivity index (χ0n) is 10.6. The Balaban J connectivity index is 2.09. The molecule has 0 aliphatic carbocycles. The number of benzene rings is 1. The fourth-order valence-electron chi connectivity index (χ4n) is 1.63. The molecule has 0 bridgehead atoms. The van der Waals surface area contributed by atoms with E-state index in [1.54, 1.807) is 11.8 Å². The molecule has 100 valence electrons. The fraction of sp³-hybridized carbons (Fsp3) is 0.214. The summed E-state index contributed by atoms with van der Waals surface area (Å²) in [5.74, 6) is 1.15. The van der Waals surface area contributed by atoms with E-state index in [2.05, 4.69) is 4.74 Å². The molecule has 0 N–H and O–H groups in total. The van der Waals surface area contributed by atoms with E-state index in [1.165, 1.54) is 7.11 Å². The molecule has 0 aliphatic heterocycles. The lowest BCUT2D eigenvalue weighted by Gasteiger charge is -2.01. The third-order valence-electron chi connectivity index (χ3n) is 2.55. The average molecular weight is 297 g/mol. The Morgan fingerprint density at radius 1 is 1.42 bits per heavy atom. The highest BCUT2D eigenvalue weighted by atomic mass is 35.5. The van der Waals surface area contributed by atoms with E-state index in [0.29, 0.717) is 10.8 Å². The maximum Gasteiger partial charge on any atom is 0.374 e. The van der Waals surface area contributed by atoms with Crippen LogP contribution in [0.3, 0.4) is 0 Å². The van der Waals surface area contributed by atoms with Gasteiger partial charge in [0, 0.05) is 10.5 Å². The lowest BCUT2D eigenvalue weighted by molar-refractivity contribution is 0.0562. The van der Waals surface area contributed by atoms with Gasteiger partial charge in [-0.15, -0.1) is 11.8 Å². The molecule has 1 aromatic carbocycles. The van der Waals surface area contributed by atoms with Crippen LogP contribution >= 0.6 is 23.4 Å². The number of methoxy groups -OCH3 is 1. The normalized spacial score (nSPS) is 10.5. The molecule has 0 saturated carbocycles. The third kappa shape index (κ3) is 3.33. The van der Waals surface area contributed by atoms with Crippen LogP contribution in [0.15, 0.2) is 39.6 Å². The van der Waals surface area contributed by atoms with Crippen LogP contribution in [0.4, 0.5) is 0 Å². The van der Waals surface area contributed by atoms with Crippen molar-refractivity contribution < 1.29 is 13.9 Å². The molecule has 3 nitrogen and oxygen atoms in total. The molecule has 1 heterocycles. The first-order chi connectivity index (χ1) is 9.11. The minimum atomic E-state index is -0.452. The predicted octanol–water partition coefficient (Wildman–Crippen LogP) is 4.32. The number of rotatable bonds is 4. The van der Waals surface area contributed by atoms with Crippen molar-refractivity contribution in [1.29, 1.82) is 0 Å². The number of hydrogen-bond donors (Lipinski definition) is 0. The molecule has 0 amide bonds. The zero-order chi connectivity index (χ0) is 13.8. The van der Waals surface area contributed by atoms with Crippen molar-refractivity contribution in [2.75, 3.05) is 7.11 Å². The largest absolute Gasteiger partial charge is 0.463 e. The van der Waals surface area contributed by atoms with Crippen LogP contribution in [0.25, 0.3) is 0 Å². The summed E-state index contributed by atoms with van der Waals surface area (Å²) < 4.78 is 10.1. The molecular formula is C14H13ClO3S. The molecule has 0 atom stereocenters. The maximum absolute atomic E-state index is 11.4. The van der Waals surface area contributed by atoms with Crippen molar-refractivity contribution in [3.05, 3.63) is 52.4 Å². The van der Waals surface area contributed by atoms with Gasteiger partial charge in [-0.25, -0.2) is 4.79 Å². The van der Waals surface area contributed by atoms with Gasteiger partial charge in [-0.05, 0) is 25.1 Å². The molecule has 0 saturated heterocycles. The van der Waals surface area contributed by atoms with E-state index in [9.17, 15) is 4.79 Å². The Bertz CT molecular complexity index is 592. The second-order valence-corrected chi connectivity index (χ2v) is 5.36. The van der Waals surface area contributed by atoms with Gasteiger partial charge in [-0.2, -0.15) is 0 Å². The van der Waals surface area contributed by atoms with Crippen LogP contribution in [0, 0.1) is 6.92 Å². The highest BCUT2D eigenvalue weighted by Gasteiger charge is 2.16. The van der Waals surface area contributed by atoms with Crippen molar-refractivity contribution >= 4 is 29.3 Å². The summed E-state index contributed by atoms with van der Waals surface area (Å²) >= 11 is 7.64. The zero-order valence-corrected chi connectivity index (χ0v) is 12.2. The van der Waals surface area contributed by atoms with Gasteiger partial charge in [0.15, 0.2) is 0 Å². The fourth-order valence-corrected chi connectivity index (χ4v) is 2.75. The summed E-state index contributed by atoms with van der Waals surface area (Å²) in [4.78, 5) is 12.4. The molecule has 0 aliphatic rings. The van der Waals surface area contributed by atoms with Crippen LogP contribution in [0.2, 0.25) is 5.02 Å². The molecule has 0 spiro atoms. The van der Waals surface area contributed by atoms with Crippen molar-refractivity contribution in [3.63, 3.8) is 0 Å². The van der Waals surface area contributed by atoms with Crippen LogP contribution < -0.4 is 0 Å². The highest BCUT2D eigenvalue weighted by Crippen LogP contribution is 2.30. The van der Waals surface area contributed by atoms with Crippen LogP contribution in [-0.4, -0.2) is 13.1 Å². The molecule has 19 heavy (non-hydrogen) atoms. The van der Waals surface area contributed by atoms with Gasteiger partial charge in [-0.3, -0.25) is 0 Å². The predicted molar refractivity (Wildman–Crippen MR) is 75.8 cm³/mol. The number of hydrogen-bond acceptors (Lipinski definition) is 4. The summed E-state index contributed by atoms with van der Waals surface area (Å²) in [6.45, 7) is 1.82. The Morgan fingerprint density at radius 3 is 2.84 bits per heavy atom. The number of esters is 1. The van der Waals surface area contributed by atoms with Gasteiger partial charge in [0.1, 0.15) is 5.76 Å². The second kappa shape index (κ2) is 6.17. The lowest BCUT2D eigenvalue weighted by atomic mass is 10.3. The first-order valence-electron chi connectivity index (χ1n) is 5.66. The van der Waals surface area contributed by atoms with Gasteiger partial charge >= 0.3 is 5.97 Å². The quantitative estimate of drug-likeness (QED) is 0.622. The number of halogens is 1. The number of ether oxygens (including phenoxy) is 1. The number of carbonyl (C=O) groups is 1. The Morgan fingerprint density at radius 2 is 2.16 bits per heavy atom. The van der Waals surface area contributed by atoms with E-state index in [4.69, 9.17) is 16.0 Å². The SMILES string of the molecule is COC(=O)c1oc(CSc2ccccc2Cl)cc1C. The lowest BCUT2D eigenvalue weighted by Crippen LogP contribution is -2.00.